The summed E-state index contributed by atoms with van der Waals surface area (Å²) in [5, 5.41) is 21.3. The lowest BCUT2D eigenvalue weighted by atomic mass is 9.57. The van der Waals surface area contributed by atoms with Gasteiger partial charge in [-0.2, -0.15) is 5.26 Å². The lowest BCUT2D eigenvalue weighted by molar-refractivity contribution is -0.164. The summed E-state index contributed by atoms with van der Waals surface area (Å²) < 4.78 is 19.1. The predicted molar refractivity (Wildman–Crippen MR) is 103 cm³/mol. The Morgan fingerprint density at radius 1 is 1.17 bits per heavy atom. The molecule has 3 saturated carbocycles. The number of carbonyl (C=O) groups excluding carboxylic acids is 2. The summed E-state index contributed by atoms with van der Waals surface area (Å²) in [6.45, 7) is 0.675. The molecular weight excluding hydrogens is 377 g/mol. The molecule has 0 spiro atoms. The molecule has 1 saturated heterocycles. The van der Waals surface area contributed by atoms with E-state index in [4.69, 9.17) is 15.1 Å². The number of ether oxygens (including phenoxy) is 1. The van der Waals surface area contributed by atoms with Crippen LogP contribution in [0.3, 0.4) is 0 Å². The molecule has 7 nitrogen and oxygen atoms in total. The molecule has 1 amide bonds. The molecule has 1 aliphatic heterocycles. The quantitative estimate of drug-likeness (QED) is 0.445. The van der Waals surface area contributed by atoms with Crippen molar-refractivity contribution in [3.63, 3.8) is 0 Å². The van der Waals surface area contributed by atoms with Crippen LogP contribution < -0.4 is 5.32 Å². The Kier molecular flexibility index (Phi) is 7.12. The second-order valence-corrected chi connectivity index (χ2v) is 8.86. The van der Waals surface area contributed by atoms with Gasteiger partial charge in [0.25, 0.3) is 0 Å². The number of amides is 1. The monoisotopic (exact) mass is 409 g/mol. The van der Waals surface area contributed by atoms with Crippen molar-refractivity contribution in [2.45, 2.75) is 82.0 Å². The molecule has 0 radical (unpaired) electrons. The first-order valence-corrected chi connectivity index (χ1v) is 10.8. The number of unbranched alkanes of at least 4 members (excludes halogenated alkanes) is 2. The third kappa shape index (κ3) is 4.89. The number of aliphatic hydroxyl groups is 1. The van der Waals surface area contributed by atoms with E-state index in [2.05, 4.69) is 5.32 Å². The van der Waals surface area contributed by atoms with Gasteiger partial charge in [-0.05, 0) is 57.8 Å². The van der Waals surface area contributed by atoms with Crippen molar-refractivity contribution in [3.8, 4) is 6.07 Å². The average molecular weight is 410 g/mol. The lowest BCUT2D eigenvalue weighted by Crippen LogP contribution is -2.58. The second kappa shape index (κ2) is 9.40. The van der Waals surface area contributed by atoms with Gasteiger partial charge in [-0.1, -0.05) is 0 Å². The van der Waals surface area contributed by atoms with Crippen LogP contribution in [-0.4, -0.2) is 65.9 Å². The fourth-order valence-corrected chi connectivity index (χ4v) is 5.01. The maximum Gasteiger partial charge on any atom is 0.312 e. The minimum absolute atomic E-state index is 0.000996. The van der Waals surface area contributed by atoms with Crippen LogP contribution in [-0.2, 0) is 14.3 Å². The first-order valence-electron chi connectivity index (χ1n) is 10.8. The Bertz CT molecular complexity index is 626. The van der Waals surface area contributed by atoms with E-state index in [1.165, 1.54) is 4.90 Å². The molecule has 2 atom stereocenters. The van der Waals surface area contributed by atoms with Crippen molar-refractivity contribution in [2.75, 3.05) is 26.3 Å². The highest BCUT2D eigenvalue weighted by molar-refractivity contribution is 5.80. The Labute approximate surface area is 171 Å². The van der Waals surface area contributed by atoms with Crippen molar-refractivity contribution in [2.24, 2.45) is 5.41 Å². The number of hydrogen-bond donors (Lipinski definition) is 2. The normalized spacial score (nSPS) is 33.5. The van der Waals surface area contributed by atoms with Crippen LogP contribution in [0.1, 0.15) is 64.2 Å². The Morgan fingerprint density at radius 3 is 2.48 bits per heavy atom. The molecule has 0 unspecified atom stereocenters. The molecule has 2 bridgehead atoms. The minimum Gasteiger partial charge on any atom is -0.465 e. The van der Waals surface area contributed by atoms with Gasteiger partial charge in [0.15, 0.2) is 0 Å². The zero-order chi connectivity index (χ0) is 20.9. The topological polar surface area (TPSA) is 103 Å². The summed E-state index contributed by atoms with van der Waals surface area (Å²) in [6.07, 6.45) is 6.02. The zero-order valence-electron chi connectivity index (χ0n) is 17.0. The van der Waals surface area contributed by atoms with Gasteiger partial charge < -0.3 is 20.1 Å². The highest BCUT2D eigenvalue weighted by Crippen LogP contribution is 2.53. The third-order valence-corrected chi connectivity index (χ3v) is 7.05. The highest BCUT2D eigenvalue weighted by Gasteiger charge is 2.53. The van der Waals surface area contributed by atoms with Crippen LogP contribution in [0.2, 0.25) is 0 Å². The molecule has 4 rings (SSSR count). The number of esters is 1. The maximum absolute atomic E-state index is 13.6. The number of nitrogens with zero attached hydrogens (tertiary/aromatic N) is 2. The second-order valence-electron chi connectivity index (χ2n) is 8.86. The SMILES string of the molecule is N#C[C@@H]1C[C@H](F)CN1C(=O)CNC12CCC(C(=O)OCCCCCO)(CC1)CC2. The van der Waals surface area contributed by atoms with Crippen LogP contribution >= 0.6 is 0 Å². The number of fused-ring (bicyclic) bond motifs is 3. The summed E-state index contributed by atoms with van der Waals surface area (Å²) in [5.74, 6) is -0.329. The summed E-state index contributed by atoms with van der Waals surface area (Å²) in [4.78, 5) is 26.5. The van der Waals surface area contributed by atoms with E-state index in [-0.39, 0.29) is 43.5 Å². The van der Waals surface area contributed by atoms with Gasteiger partial charge in [0.05, 0.1) is 31.2 Å². The average Bonchev–Trinajstić information content (AvgIpc) is 3.14. The van der Waals surface area contributed by atoms with E-state index in [0.717, 1.165) is 57.8 Å². The number of carbonyl (C=O) groups is 2. The van der Waals surface area contributed by atoms with Crippen molar-refractivity contribution in [3.05, 3.63) is 0 Å². The van der Waals surface area contributed by atoms with Gasteiger partial charge in [-0.25, -0.2) is 4.39 Å². The molecule has 8 heteroatoms. The van der Waals surface area contributed by atoms with E-state index in [1.807, 2.05) is 6.07 Å². The van der Waals surface area contributed by atoms with Gasteiger partial charge in [0.2, 0.25) is 5.91 Å². The lowest BCUT2D eigenvalue weighted by Gasteiger charge is -2.52. The van der Waals surface area contributed by atoms with Crippen LogP contribution in [0.25, 0.3) is 0 Å². The van der Waals surface area contributed by atoms with Gasteiger partial charge in [0.1, 0.15) is 12.2 Å². The van der Waals surface area contributed by atoms with E-state index < -0.39 is 17.6 Å². The van der Waals surface area contributed by atoms with Crippen LogP contribution in [0.4, 0.5) is 4.39 Å². The Hall–Kier alpha value is -1.72. The van der Waals surface area contributed by atoms with E-state index in [9.17, 15) is 14.0 Å². The van der Waals surface area contributed by atoms with Gasteiger partial charge in [0, 0.05) is 18.6 Å². The fourth-order valence-electron chi connectivity index (χ4n) is 5.01. The van der Waals surface area contributed by atoms with E-state index in [0.29, 0.717) is 6.61 Å². The fraction of sp³-hybridized carbons (Fsp3) is 0.857. The van der Waals surface area contributed by atoms with Gasteiger partial charge in [-0.15, -0.1) is 0 Å². The van der Waals surface area contributed by atoms with E-state index >= 15 is 0 Å². The summed E-state index contributed by atoms with van der Waals surface area (Å²) in [6, 6.07) is 1.34. The molecule has 4 fully saturated rings. The number of halogens is 1. The van der Waals surface area contributed by atoms with E-state index in [1.54, 1.807) is 0 Å². The molecular formula is C21H32FN3O4. The Morgan fingerprint density at radius 2 is 1.86 bits per heavy atom. The number of likely N-dealkylation sites (tertiary alicyclic amines) is 1. The molecule has 2 N–H and O–H groups in total. The third-order valence-electron chi connectivity index (χ3n) is 7.05. The first-order chi connectivity index (χ1) is 13.9. The number of alkyl halides is 1. The first kappa shape index (κ1) is 22.0. The smallest absolute Gasteiger partial charge is 0.312 e. The molecule has 4 aliphatic rings. The molecule has 29 heavy (non-hydrogen) atoms. The number of aliphatic hydroxyl groups excluding tert-OH is 1. The molecule has 1 heterocycles. The summed E-state index contributed by atoms with van der Waals surface area (Å²) >= 11 is 0. The van der Waals surface area contributed by atoms with Crippen LogP contribution in [0.5, 0.6) is 0 Å². The van der Waals surface area contributed by atoms with Crippen molar-refractivity contribution in [1.82, 2.24) is 10.2 Å². The number of rotatable bonds is 9. The van der Waals surface area contributed by atoms with Gasteiger partial charge >= 0.3 is 5.97 Å². The number of nitriles is 1. The molecule has 0 aromatic carbocycles. The predicted octanol–water partition coefficient (Wildman–Crippen LogP) is 1.84. The molecule has 3 aliphatic carbocycles. The maximum atomic E-state index is 13.6. The number of hydrogen-bond acceptors (Lipinski definition) is 6. The largest absolute Gasteiger partial charge is 0.465 e. The molecule has 0 aromatic heterocycles. The summed E-state index contributed by atoms with van der Waals surface area (Å²) in [5.41, 5.74) is -0.553. The minimum atomic E-state index is -1.12. The number of nitrogens with one attached hydrogen (secondary N) is 1. The molecule has 162 valence electrons. The summed E-state index contributed by atoms with van der Waals surface area (Å²) in [7, 11) is 0. The van der Waals surface area contributed by atoms with Crippen molar-refractivity contribution < 1.29 is 23.8 Å². The van der Waals surface area contributed by atoms with Crippen LogP contribution in [0, 0.1) is 16.7 Å². The molecule has 0 aromatic rings. The standard InChI is InChI=1S/C21H32FN3O4/c22-16-12-17(13-23)25(15-16)18(27)14-24-21-7-4-20(5-8-21,6-9-21)19(28)29-11-3-1-2-10-26/h16-17,24,26H,1-12,14-15H2/t16-,17-,20?,21?/m0/s1. The highest BCUT2D eigenvalue weighted by atomic mass is 19.1. The van der Waals surface area contributed by atoms with Crippen molar-refractivity contribution in [1.29, 1.82) is 5.26 Å². The van der Waals surface area contributed by atoms with Gasteiger partial charge in [-0.3, -0.25) is 9.59 Å². The Balaban J connectivity index is 1.45. The zero-order valence-corrected chi connectivity index (χ0v) is 17.0. The van der Waals surface area contributed by atoms with Crippen molar-refractivity contribution >= 4 is 11.9 Å². The van der Waals surface area contributed by atoms with Crippen LogP contribution in [0.15, 0.2) is 0 Å².